The van der Waals surface area contributed by atoms with Crippen LogP contribution >= 0.6 is 0 Å². The molecule has 3 aromatic carbocycles. The zero-order chi connectivity index (χ0) is 56.7. The van der Waals surface area contributed by atoms with Gasteiger partial charge in [0.25, 0.3) is 0 Å². The van der Waals surface area contributed by atoms with Crippen molar-refractivity contribution in [3.63, 3.8) is 0 Å². The molecule has 4 aliphatic rings. The largest absolute Gasteiger partial charge is 0.505 e. The Morgan fingerprint density at radius 3 is 2.48 bits per heavy atom. The summed E-state index contributed by atoms with van der Waals surface area (Å²) in [5.74, 6) is 0.490. The summed E-state index contributed by atoms with van der Waals surface area (Å²) in [5.41, 5.74) is 6.67. The number of nitrogens with zero attached hydrogens (tertiary/aromatic N) is 9. The number of phenolic OH excluding ortho intramolecular Hbond substituents is 1. The number of anilines is 1. The van der Waals surface area contributed by atoms with Crippen LogP contribution in [0.2, 0.25) is 0 Å². The molecule has 0 radical (unpaired) electrons. The highest BCUT2D eigenvalue weighted by molar-refractivity contribution is 5.97. The third-order valence-corrected chi connectivity index (χ3v) is 15.9. The Labute approximate surface area is 469 Å². The number of ether oxygens (including phenoxy) is 2. The normalized spacial score (nSPS) is 19.5. The molecule has 1 aliphatic carbocycles. The number of halogens is 2. The van der Waals surface area contributed by atoms with E-state index in [1.807, 2.05) is 62.2 Å². The molecule has 7 heterocycles. The fourth-order valence-corrected chi connectivity index (χ4v) is 11.1. The number of carbonyl (C=O) groups excluding carboxylic acids is 2. The Morgan fingerprint density at radius 1 is 1.02 bits per heavy atom. The molecule has 6 atom stereocenters. The van der Waals surface area contributed by atoms with Crippen molar-refractivity contribution in [1.82, 2.24) is 55.7 Å². The quantitative estimate of drug-likeness (QED) is 0.0480. The van der Waals surface area contributed by atoms with Gasteiger partial charge in [-0.25, -0.2) is 13.5 Å². The maximum Gasteiger partial charge on any atom is 0.319 e. The molecule has 20 heteroatoms. The second-order valence-electron chi connectivity index (χ2n) is 21.9. The van der Waals surface area contributed by atoms with Crippen molar-refractivity contribution < 1.29 is 38.1 Å². The molecule has 18 nitrogen and oxygen atoms in total. The molecule has 424 valence electrons. The third kappa shape index (κ3) is 12.8. The number of aliphatic hydroxyl groups excluding tert-OH is 1. The molecule has 5 N–H and O–H groups in total. The maximum absolute atomic E-state index is 15.5. The van der Waals surface area contributed by atoms with Crippen LogP contribution in [0.25, 0.3) is 45.4 Å². The van der Waals surface area contributed by atoms with Crippen LogP contribution < -0.4 is 30.8 Å². The first kappa shape index (κ1) is 56.3. The van der Waals surface area contributed by atoms with Crippen LogP contribution in [-0.4, -0.2) is 132 Å². The monoisotopic (exact) mass is 1100 g/mol. The number of amides is 2. The molecule has 0 spiro atoms. The van der Waals surface area contributed by atoms with E-state index in [1.54, 1.807) is 54.4 Å². The molecule has 7 aromatic rings. The zero-order valence-corrected chi connectivity index (χ0v) is 46.3. The minimum Gasteiger partial charge on any atom is -0.505 e. The number of phenols is 1. The van der Waals surface area contributed by atoms with Gasteiger partial charge >= 0.3 is 6.01 Å². The summed E-state index contributed by atoms with van der Waals surface area (Å²) in [6.45, 7) is 10.7. The van der Waals surface area contributed by atoms with Crippen LogP contribution in [-0.2, 0) is 20.7 Å². The minimum absolute atomic E-state index is 0.0426. The highest BCUT2D eigenvalue weighted by Crippen LogP contribution is 2.48. The van der Waals surface area contributed by atoms with Gasteiger partial charge in [0.15, 0.2) is 0 Å². The van der Waals surface area contributed by atoms with Gasteiger partial charge in [-0.05, 0) is 123 Å². The molecule has 3 saturated heterocycles. The Kier molecular flexibility index (Phi) is 17.6. The van der Waals surface area contributed by atoms with Crippen molar-refractivity contribution in [2.24, 2.45) is 5.92 Å². The Morgan fingerprint density at radius 2 is 1.81 bits per heavy atom. The van der Waals surface area contributed by atoms with Gasteiger partial charge in [0.1, 0.15) is 47.1 Å². The zero-order valence-electron chi connectivity index (χ0n) is 46.3. The number of fused-ring (bicyclic) bond motifs is 3. The fraction of sp³-hybridized carbons (Fsp3) is 0.410. The first-order chi connectivity index (χ1) is 39.3. The van der Waals surface area contributed by atoms with Crippen molar-refractivity contribution in [3.05, 3.63) is 136 Å². The smallest absolute Gasteiger partial charge is 0.319 e. The molecule has 81 heavy (non-hydrogen) atoms. The molecule has 3 aliphatic heterocycles. The molecule has 4 fully saturated rings. The number of hydrogen-bond donors (Lipinski definition) is 5. The van der Waals surface area contributed by atoms with E-state index >= 15 is 4.39 Å². The Bertz CT molecular complexity index is 3500. The van der Waals surface area contributed by atoms with Crippen molar-refractivity contribution in [2.45, 2.75) is 115 Å². The number of pyridine rings is 1. The van der Waals surface area contributed by atoms with Gasteiger partial charge in [-0.2, -0.15) is 15.1 Å². The third-order valence-electron chi connectivity index (χ3n) is 15.9. The number of benzene rings is 3. The van der Waals surface area contributed by atoms with Gasteiger partial charge in [0.05, 0.1) is 42.7 Å². The maximum atomic E-state index is 15.5. The van der Waals surface area contributed by atoms with E-state index in [-0.39, 0.29) is 60.7 Å². The lowest BCUT2D eigenvalue weighted by Crippen LogP contribution is -2.44. The first-order valence-corrected chi connectivity index (χ1v) is 27.9. The van der Waals surface area contributed by atoms with Crippen LogP contribution in [0.5, 0.6) is 11.8 Å². The molecular weight excluding hydrogens is 1030 g/mol. The number of aliphatic hydroxyl groups is 1. The number of methoxy groups -OCH3 is 1. The molecule has 1 saturated carbocycles. The average molecular weight is 1110 g/mol. The lowest BCUT2D eigenvalue weighted by Gasteiger charge is -2.30. The number of aromatic nitrogens is 8. The Balaban J connectivity index is 0.000000328. The summed E-state index contributed by atoms with van der Waals surface area (Å²) in [7, 11) is 1.63. The number of aromatic amines is 1. The topological polar surface area (TPSA) is 222 Å². The summed E-state index contributed by atoms with van der Waals surface area (Å²) >= 11 is 0. The number of aromatic hydroxyl groups is 1. The number of aryl methyl sites for hydroxylation is 1. The number of likely N-dealkylation sites (tertiary alicyclic amines) is 1. The average Bonchev–Trinajstić information content (AvgIpc) is 4.21. The fourth-order valence-electron chi connectivity index (χ4n) is 11.1. The predicted molar refractivity (Wildman–Crippen MR) is 304 cm³/mol. The molecule has 11 rings (SSSR count). The summed E-state index contributed by atoms with van der Waals surface area (Å²) < 4.78 is 42.2. The number of H-pyrrole nitrogens is 1. The van der Waals surface area contributed by atoms with Crippen molar-refractivity contribution >= 4 is 41.2 Å². The first-order valence-electron chi connectivity index (χ1n) is 27.9. The van der Waals surface area contributed by atoms with Gasteiger partial charge in [-0.3, -0.25) is 19.7 Å². The molecule has 2 amide bonds. The van der Waals surface area contributed by atoms with Gasteiger partial charge in [0, 0.05) is 78.4 Å². The molecule has 2 bridgehead atoms. The van der Waals surface area contributed by atoms with E-state index in [4.69, 9.17) is 24.5 Å². The number of carbonyl (C=O) groups is 2. The van der Waals surface area contributed by atoms with Gasteiger partial charge < -0.3 is 40.1 Å². The van der Waals surface area contributed by atoms with Crippen LogP contribution in [0.4, 0.5) is 14.6 Å². The predicted octanol–water partition coefficient (Wildman–Crippen LogP) is 7.13. The SMILES string of the molecule is CO[C@@H](C)COc1nc(N2C[C@@H]3C[C@H]2CN3)c2cc(C3CC3)c(\C=c3/cn[nH]/c3=C/C(F)=C/CCc3ccc(-c4cn(C(C(=O)N5CCC[C@H]5C)C(C)C)nn4)cc3)c(O)c2n1.O=CN[C@@H](CO)c1ccc(-c2ccncc2F)cc1. The van der Waals surface area contributed by atoms with Crippen molar-refractivity contribution in [2.75, 3.05) is 44.9 Å². The van der Waals surface area contributed by atoms with E-state index in [0.717, 1.165) is 91.4 Å². The molecular formula is C61H70F2N12O6. The van der Waals surface area contributed by atoms with Gasteiger partial charge in [-0.15, -0.1) is 5.10 Å². The number of piperazine rings is 1. The van der Waals surface area contributed by atoms with Crippen molar-refractivity contribution in [1.29, 1.82) is 0 Å². The van der Waals surface area contributed by atoms with Gasteiger partial charge in [-0.1, -0.05) is 67.6 Å². The second kappa shape index (κ2) is 25.2. The standard InChI is InChI=1S/C47H57FN10O4.C14H13FN2O2/c1-27(2)43(46(60)56-17-7-8-28(56)3)58-25-41(54-55-58)32-13-11-30(12-14-32)9-6-10-34(48)19-40-33(22-50-53-40)18-38-37(31-15-16-31)21-39-42(44(38)59)51-47(62-26-29(4)61-5)52-45(39)57-24-35-20-36(57)23-49-35;15-13-7-16-6-5-12(13)10-1-3-11(4-2-10)14(8-18)17-9-19/h10-14,18-19,21-22,25,27-29,31,35-36,43,49,53,59H,6-9,15-17,20,23-24,26H2,1-5H3;1-7,9,14,18H,8H2,(H,17,19)/b33-18+,34-10-,40-19+;/t28-,29+,35+,36+,43?;14-/m10/s1. The van der Waals surface area contributed by atoms with Crippen molar-refractivity contribution in [3.8, 4) is 34.1 Å². The highest BCUT2D eigenvalue weighted by Gasteiger charge is 2.40. The second-order valence-corrected chi connectivity index (χ2v) is 21.9. The number of allylic oxidation sites excluding steroid dienone is 2. The van der Waals surface area contributed by atoms with Crippen LogP contribution in [0.3, 0.4) is 0 Å². The van der Waals surface area contributed by atoms with Crippen LogP contribution in [0.15, 0.2) is 97.4 Å². The van der Waals surface area contributed by atoms with E-state index in [9.17, 15) is 19.1 Å². The summed E-state index contributed by atoms with van der Waals surface area (Å²) in [4.78, 5) is 41.5. The van der Waals surface area contributed by atoms with E-state index in [2.05, 4.69) is 54.0 Å². The number of hydrogen-bond acceptors (Lipinski definition) is 14. The molecule has 4 aromatic heterocycles. The summed E-state index contributed by atoms with van der Waals surface area (Å²) in [6.07, 6.45) is 17.7. The van der Waals surface area contributed by atoms with Crippen LogP contribution in [0.1, 0.15) is 106 Å². The van der Waals surface area contributed by atoms with E-state index in [1.165, 1.54) is 12.3 Å². The lowest BCUT2D eigenvalue weighted by atomic mass is 9.97. The van der Waals surface area contributed by atoms with E-state index in [0.29, 0.717) is 69.8 Å². The van der Waals surface area contributed by atoms with E-state index < -0.39 is 17.9 Å². The highest BCUT2D eigenvalue weighted by atomic mass is 19.1. The summed E-state index contributed by atoms with van der Waals surface area (Å²) in [6, 6.07) is 19.0. The Hall–Kier alpha value is -7.94. The number of rotatable bonds is 20. The van der Waals surface area contributed by atoms with Crippen LogP contribution in [0, 0.1) is 11.7 Å². The van der Waals surface area contributed by atoms with Gasteiger partial charge in [0.2, 0.25) is 12.3 Å². The lowest BCUT2D eigenvalue weighted by molar-refractivity contribution is -0.137. The summed E-state index contributed by atoms with van der Waals surface area (Å²) in [5, 5.41) is 45.2. The molecule has 1 unspecified atom stereocenters. The number of nitrogens with one attached hydrogen (secondary N) is 3. The minimum atomic E-state index is -0.450.